The molecule has 7 heteroatoms. The monoisotopic (exact) mass is 405 g/mol. The van der Waals surface area contributed by atoms with Crippen LogP contribution in [-0.4, -0.2) is 26.6 Å². The number of rotatable bonds is 3. The molecule has 2 amide bonds. The fourth-order valence-corrected chi connectivity index (χ4v) is 4.00. The molecular formula is C23H23N3O4. The molecule has 1 aliphatic carbocycles. The van der Waals surface area contributed by atoms with E-state index in [2.05, 4.69) is 10.2 Å². The van der Waals surface area contributed by atoms with Gasteiger partial charge in [-0.3, -0.25) is 14.2 Å². The molecule has 2 aromatic carbocycles. The first-order valence-electron chi connectivity index (χ1n) is 10.1. The molecule has 154 valence electrons. The maximum absolute atomic E-state index is 12.4. The third-order valence-electron chi connectivity index (χ3n) is 5.67. The van der Waals surface area contributed by atoms with Gasteiger partial charge in [0, 0.05) is 27.9 Å². The van der Waals surface area contributed by atoms with Crippen LogP contribution in [0.25, 0.3) is 10.8 Å². The lowest BCUT2D eigenvalue weighted by Crippen LogP contribution is -2.11. The summed E-state index contributed by atoms with van der Waals surface area (Å²) in [7, 11) is 0. The van der Waals surface area contributed by atoms with Gasteiger partial charge in [-0.2, -0.15) is 0 Å². The SMILES string of the molecule is Cc1ccc(C(=O)N=NC(=O)c2ccc3c(O)n(C4CCCCC4)c(O)c3c2)cc1. The first kappa shape index (κ1) is 19.8. The summed E-state index contributed by atoms with van der Waals surface area (Å²) in [4.78, 5) is 24.5. The summed E-state index contributed by atoms with van der Waals surface area (Å²) in [5.41, 5.74) is 1.54. The van der Waals surface area contributed by atoms with Crippen molar-refractivity contribution in [3.63, 3.8) is 0 Å². The number of aryl methyl sites for hydroxylation is 1. The number of nitrogens with zero attached hydrogens (tertiary/aromatic N) is 3. The minimum Gasteiger partial charge on any atom is -0.494 e. The zero-order chi connectivity index (χ0) is 21.3. The Morgan fingerprint density at radius 1 is 0.833 bits per heavy atom. The molecule has 0 bridgehead atoms. The summed E-state index contributed by atoms with van der Waals surface area (Å²) < 4.78 is 1.56. The van der Waals surface area contributed by atoms with Crippen molar-refractivity contribution in [1.29, 1.82) is 0 Å². The Morgan fingerprint density at radius 2 is 1.40 bits per heavy atom. The Labute approximate surface area is 173 Å². The summed E-state index contributed by atoms with van der Waals surface area (Å²) >= 11 is 0. The molecule has 0 atom stereocenters. The Kier molecular flexibility index (Phi) is 5.35. The maximum atomic E-state index is 12.4. The van der Waals surface area contributed by atoms with Gasteiger partial charge in [0.25, 0.3) is 11.8 Å². The summed E-state index contributed by atoms with van der Waals surface area (Å²) in [5, 5.41) is 29.2. The van der Waals surface area contributed by atoms with E-state index in [0.29, 0.717) is 16.3 Å². The van der Waals surface area contributed by atoms with Crippen molar-refractivity contribution in [2.75, 3.05) is 0 Å². The lowest BCUT2D eigenvalue weighted by Gasteiger charge is -2.24. The molecular weight excluding hydrogens is 382 g/mol. The van der Waals surface area contributed by atoms with Gasteiger partial charge < -0.3 is 10.2 Å². The zero-order valence-corrected chi connectivity index (χ0v) is 16.7. The predicted molar refractivity (Wildman–Crippen MR) is 112 cm³/mol. The van der Waals surface area contributed by atoms with Crippen LogP contribution in [0.15, 0.2) is 52.7 Å². The van der Waals surface area contributed by atoms with Gasteiger partial charge in [0.2, 0.25) is 11.8 Å². The molecule has 1 aliphatic rings. The number of aromatic hydroxyl groups is 2. The van der Waals surface area contributed by atoms with Gasteiger partial charge in [0.05, 0.1) is 0 Å². The van der Waals surface area contributed by atoms with Crippen LogP contribution in [0, 0.1) is 6.92 Å². The molecule has 1 fully saturated rings. The van der Waals surface area contributed by atoms with E-state index in [4.69, 9.17) is 0 Å². The van der Waals surface area contributed by atoms with Gasteiger partial charge in [-0.05, 0) is 50.1 Å². The number of carbonyl (C=O) groups is 2. The topological polar surface area (TPSA) is 104 Å². The molecule has 1 aromatic heterocycles. The number of hydrogen-bond donors (Lipinski definition) is 2. The number of aromatic nitrogens is 1. The first-order valence-corrected chi connectivity index (χ1v) is 10.1. The van der Waals surface area contributed by atoms with Crippen molar-refractivity contribution in [2.45, 2.75) is 45.1 Å². The largest absolute Gasteiger partial charge is 0.494 e. The third kappa shape index (κ3) is 3.70. The second-order valence-corrected chi connectivity index (χ2v) is 7.75. The van der Waals surface area contributed by atoms with Crippen molar-refractivity contribution in [1.82, 2.24) is 4.57 Å². The summed E-state index contributed by atoms with van der Waals surface area (Å²) in [6.45, 7) is 1.91. The summed E-state index contributed by atoms with van der Waals surface area (Å²) in [5.74, 6) is -1.35. The predicted octanol–water partition coefficient (Wildman–Crippen LogP) is 5.30. The van der Waals surface area contributed by atoms with Crippen LogP contribution in [0.2, 0.25) is 0 Å². The molecule has 0 radical (unpaired) electrons. The van der Waals surface area contributed by atoms with Gasteiger partial charge in [-0.25, -0.2) is 0 Å². The van der Waals surface area contributed by atoms with Gasteiger partial charge in [0.1, 0.15) is 0 Å². The molecule has 7 nitrogen and oxygen atoms in total. The fraction of sp³-hybridized carbons (Fsp3) is 0.304. The molecule has 0 spiro atoms. The summed E-state index contributed by atoms with van der Waals surface area (Å²) in [6, 6.07) is 11.4. The lowest BCUT2D eigenvalue weighted by atomic mass is 9.95. The number of carbonyl (C=O) groups excluding carboxylic acids is 2. The van der Waals surface area contributed by atoms with E-state index in [1.165, 1.54) is 12.1 Å². The molecule has 1 heterocycles. The van der Waals surface area contributed by atoms with E-state index in [-0.39, 0.29) is 23.4 Å². The van der Waals surface area contributed by atoms with Crippen molar-refractivity contribution in [3.8, 4) is 11.8 Å². The van der Waals surface area contributed by atoms with Crippen molar-refractivity contribution in [3.05, 3.63) is 59.2 Å². The Hall–Kier alpha value is -3.48. The highest BCUT2D eigenvalue weighted by Gasteiger charge is 2.25. The maximum Gasteiger partial charge on any atom is 0.295 e. The quantitative estimate of drug-likeness (QED) is 0.577. The Balaban J connectivity index is 1.59. The third-order valence-corrected chi connectivity index (χ3v) is 5.67. The van der Waals surface area contributed by atoms with E-state index < -0.39 is 11.8 Å². The van der Waals surface area contributed by atoms with Crippen LogP contribution in [0.3, 0.4) is 0 Å². The highest BCUT2D eigenvalue weighted by atomic mass is 16.3. The second kappa shape index (κ2) is 8.10. The van der Waals surface area contributed by atoms with Gasteiger partial charge in [-0.1, -0.05) is 37.0 Å². The smallest absolute Gasteiger partial charge is 0.295 e. The Bertz CT molecular complexity index is 1140. The molecule has 4 rings (SSSR count). The second-order valence-electron chi connectivity index (χ2n) is 7.75. The van der Waals surface area contributed by atoms with E-state index in [9.17, 15) is 19.8 Å². The number of fused-ring (bicyclic) bond motifs is 1. The average Bonchev–Trinajstić information content (AvgIpc) is 3.02. The van der Waals surface area contributed by atoms with E-state index in [1.54, 1.807) is 34.9 Å². The van der Waals surface area contributed by atoms with Crippen LogP contribution in [0.5, 0.6) is 11.8 Å². The molecule has 2 N–H and O–H groups in total. The van der Waals surface area contributed by atoms with Crippen molar-refractivity contribution < 1.29 is 19.8 Å². The Morgan fingerprint density at radius 3 is 2.07 bits per heavy atom. The average molecular weight is 405 g/mol. The number of amides is 2. The van der Waals surface area contributed by atoms with E-state index in [0.717, 1.165) is 37.7 Å². The van der Waals surface area contributed by atoms with Crippen LogP contribution < -0.4 is 0 Å². The summed E-state index contributed by atoms with van der Waals surface area (Å²) in [6.07, 6.45) is 5.05. The first-order chi connectivity index (χ1) is 14.5. The standard InChI is InChI=1S/C23H23N3O4/c1-14-7-9-15(10-8-14)20(27)24-25-21(28)16-11-12-18-19(13-16)23(30)26(22(18)29)17-5-3-2-4-6-17/h7-13,17,29-30H,2-6H2,1H3. The van der Waals surface area contributed by atoms with Crippen LogP contribution in [0.1, 0.15) is 64.4 Å². The van der Waals surface area contributed by atoms with Crippen LogP contribution >= 0.6 is 0 Å². The minimum absolute atomic E-state index is 0.00424. The van der Waals surface area contributed by atoms with Crippen LogP contribution in [-0.2, 0) is 0 Å². The zero-order valence-electron chi connectivity index (χ0n) is 16.7. The molecule has 0 unspecified atom stereocenters. The van der Waals surface area contributed by atoms with Gasteiger partial charge in [0.15, 0.2) is 0 Å². The lowest BCUT2D eigenvalue weighted by molar-refractivity contribution is 0.0947. The molecule has 0 saturated heterocycles. The number of hydrogen-bond acceptors (Lipinski definition) is 4. The highest BCUT2D eigenvalue weighted by molar-refractivity contribution is 6.03. The van der Waals surface area contributed by atoms with E-state index in [1.807, 2.05) is 6.92 Å². The number of benzene rings is 2. The molecule has 0 aliphatic heterocycles. The normalized spacial score (nSPS) is 15.1. The van der Waals surface area contributed by atoms with Gasteiger partial charge >= 0.3 is 0 Å². The minimum atomic E-state index is -0.693. The highest BCUT2D eigenvalue weighted by Crippen LogP contribution is 2.43. The van der Waals surface area contributed by atoms with Crippen molar-refractivity contribution >= 4 is 22.6 Å². The van der Waals surface area contributed by atoms with Gasteiger partial charge in [-0.15, -0.1) is 10.2 Å². The fourth-order valence-electron chi connectivity index (χ4n) is 4.00. The van der Waals surface area contributed by atoms with Crippen LogP contribution in [0.4, 0.5) is 0 Å². The molecule has 30 heavy (non-hydrogen) atoms. The van der Waals surface area contributed by atoms with E-state index >= 15 is 0 Å². The number of azo groups is 1. The molecule has 1 saturated carbocycles. The molecule has 3 aromatic rings. The van der Waals surface area contributed by atoms with Crippen molar-refractivity contribution in [2.24, 2.45) is 10.2 Å².